The van der Waals surface area contributed by atoms with E-state index in [0.29, 0.717) is 0 Å². The van der Waals surface area contributed by atoms with Gasteiger partial charge in [0.2, 0.25) is 0 Å². The maximum Gasteiger partial charge on any atom is -0.00830 e. The zero-order chi connectivity index (χ0) is 8.10. The molecule has 0 aromatic rings. The van der Waals surface area contributed by atoms with Gasteiger partial charge in [-0.3, -0.25) is 0 Å². The molecule has 0 bridgehead atoms. The first-order valence-corrected chi connectivity index (χ1v) is 5.15. The van der Waals surface area contributed by atoms with Crippen LogP contribution in [0.15, 0.2) is 45.4 Å². The molecule has 0 heterocycles. The molecular formula is C9H8Br2. The van der Waals surface area contributed by atoms with Crippen molar-refractivity contribution in [2.24, 2.45) is 0 Å². The van der Waals surface area contributed by atoms with Crippen molar-refractivity contribution in [3.05, 3.63) is 45.4 Å². The summed E-state index contributed by atoms with van der Waals surface area (Å²) in [5, 5.41) is 0. The number of hydrogen-bond acceptors (Lipinski definition) is 0. The third kappa shape index (κ3) is 2.46. The summed E-state index contributed by atoms with van der Waals surface area (Å²) >= 11 is 6.66. The highest BCUT2D eigenvalue weighted by molar-refractivity contribution is 9.11. The highest BCUT2D eigenvalue weighted by Gasteiger charge is 2.00. The summed E-state index contributed by atoms with van der Waals surface area (Å²) in [6.45, 7) is 0. The lowest BCUT2D eigenvalue weighted by molar-refractivity contribution is 1.27. The van der Waals surface area contributed by atoms with E-state index < -0.39 is 0 Å². The Hall–Kier alpha value is -0.0800. The van der Waals surface area contributed by atoms with Gasteiger partial charge in [0.05, 0.1) is 0 Å². The van der Waals surface area contributed by atoms with Gasteiger partial charge in [-0.15, -0.1) is 0 Å². The second-order valence-corrected chi connectivity index (χ2v) is 3.11. The van der Waals surface area contributed by atoms with E-state index in [1.165, 1.54) is 11.1 Å². The van der Waals surface area contributed by atoms with Gasteiger partial charge in [0.1, 0.15) is 0 Å². The minimum absolute atomic E-state index is 0.982. The average molecular weight is 276 g/mol. The van der Waals surface area contributed by atoms with Gasteiger partial charge in [-0.1, -0.05) is 56.2 Å². The molecule has 0 unspecified atom stereocenters. The molecule has 0 spiro atoms. The van der Waals surface area contributed by atoms with Gasteiger partial charge in [0, 0.05) is 0 Å². The van der Waals surface area contributed by atoms with Crippen LogP contribution in [-0.4, -0.2) is 0 Å². The lowest BCUT2D eigenvalue weighted by Gasteiger charge is -2.00. The molecule has 0 atom stereocenters. The van der Waals surface area contributed by atoms with E-state index in [0.717, 1.165) is 6.42 Å². The summed E-state index contributed by atoms with van der Waals surface area (Å²) in [6.07, 6.45) is 9.28. The fraction of sp³-hybridized carbons (Fsp3) is 0.111. The van der Waals surface area contributed by atoms with Gasteiger partial charge in [-0.05, 0) is 27.5 Å². The Labute approximate surface area is 83.6 Å². The van der Waals surface area contributed by atoms with Gasteiger partial charge in [-0.25, -0.2) is 0 Å². The minimum Gasteiger partial charge on any atom is -0.0801 e. The Morgan fingerprint density at radius 2 is 2.00 bits per heavy atom. The fourth-order valence-corrected chi connectivity index (χ4v) is 1.77. The second kappa shape index (κ2) is 4.73. The van der Waals surface area contributed by atoms with Crippen molar-refractivity contribution in [3.63, 3.8) is 0 Å². The quantitative estimate of drug-likeness (QED) is 0.625. The molecule has 0 amide bonds. The first kappa shape index (κ1) is 9.01. The monoisotopic (exact) mass is 274 g/mol. The molecule has 0 fully saturated rings. The predicted octanol–water partition coefficient (Wildman–Crippen LogP) is 4.06. The molecule has 0 N–H and O–H groups in total. The molecule has 0 saturated carbocycles. The van der Waals surface area contributed by atoms with Crippen molar-refractivity contribution in [1.82, 2.24) is 0 Å². The molecule has 0 radical (unpaired) electrons. The number of hydrogen-bond donors (Lipinski definition) is 0. The largest absolute Gasteiger partial charge is 0.0801 e. The third-order valence-electron chi connectivity index (χ3n) is 1.48. The van der Waals surface area contributed by atoms with Crippen LogP contribution >= 0.6 is 31.9 Å². The highest BCUT2D eigenvalue weighted by Crippen LogP contribution is 2.21. The van der Waals surface area contributed by atoms with Crippen LogP contribution < -0.4 is 0 Å². The van der Waals surface area contributed by atoms with Gasteiger partial charge < -0.3 is 0 Å². The van der Waals surface area contributed by atoms with E-state index in [1.54, 1.807) is 0 Å². The van der Waals surface area contributed by atoms with Gasteiger partial charge in [0.25, 0.3) is 0 Å². The van der Waals surface area contributed by atoms with Crippen LogP contribution in [-0.2, 0) is 0 Å². The Bertz CT molecular complexity index is 244. The van der Waals surface area contributed by atoms with Crippen LogP contribution in [0, 0.1) is 0 Å². The Morgan fingerprint density at radius 3 is 2.64 bits per heavy atom. The van der Waals surface area contributed by atoms with Crippen LogP contribution in [0.25, 0.3) is 0 Å². The first-order chi connectivity index (χ1) is 5.38. The van der Waals surface area contributed by atoms with Crippen molar-refractivity contribution in [2.45, 2.75) is 6.42 Å². The molecule has 0 aromatic carbocycles. The zero-order valence-electron chi connectivity index (χ0n) is 5.93. The third-order valence-corrected chi connectivity index (χ3v) is 2.53. The van der Waals surface area contributed by atoms with E-state index in [1.807, 2.05) is 16.0 Å². The fourth-order valence-electron chi connectivity index (χ4n) is 0.872. The second-order valence-electron chi connectivity index (χ2n) is 2.19. The van der Waals surface area contributed by atoms with Crippen molar-refractivity contribution < 1.29 is 0 Å². The van der Waals surface area contributed by atoms with Gasteiger partial charge >= 0.3 is 0 Å². The Balaban J connectivity index is 2.94. The van der Waals surface area contributed by atoms with Crippen LogP contribution in [0.4, 0.5) is 0 Å². The average Bonchev–Trinajstić information content (AvgIpc) is 2.27. The van der Waals surface area contributed by atoms with E-state index in [9.17, 15) is 0 Å². The number of allylic oxidation sites excluding steroid dienone is 6. The summed E-state index contributed by atoms with van der Waals surface area (Å²) in [4.78, 5) is 3.89. The Morgan fingerprint density at radius 1 is 1.18 bits per heavy atom. The standard InChI is InChI=1S/C9H8Br2/c10-6-8-4-2-1-3-5-9(8)7-11/h1-4,6-7H,5H2/b8-6+,9-7+. The van der Waals surface area contributed by atoms with Crippen LogP contribution in [0.3, 0.4) is 0 Å². The molecule has 1 aliphatic carbocycles. The maximum absolute atomic E-state index is 3.34. The lowest BCUT2D eigenvalue weighted by Crippen LogP contribution is -1.80. The molecule has 0 aromatic heterocycles. The predicted molar refractivity (Wildman–Crippen MR) is 56.9 cm³/mol. The SMILES string of the molecule is Br/C=C1\C=CC=CC\C1=C/Br. The van der Waals surface area contributed by atoms with Gasteiger partial charge in [-0.2, -0.15) is 0 Å². The van der Waals surface area contributed by atoms with E-state index >= 15 is 0 Å². The smallest absolute Gasteiger partial charge is 0.00830 e. The van der Waals surface area contributed by atoms with E-state index in [-0.39, 0.29) is 0 Å². The molecule has 0 aliphatic heterocycles. The number of halogens is 2. The first-order valence-electron chi connectivity index (χ1n) is 3.31. The molecule has 1 aliphatic rings. The molecule has 1 rings (SSSR count). The molecule has 58 valence electrons. The topological polar surface area (TPSA) is 0 Å². The zero-order valence-corrected chi connectivity index (χ0v) is 9.10. The number of rotatable bonds is 0. The van der Waals surface area contributed by atoms with E-state index in [4.69, 9.17) is 0 Å². The normalized spacial score (nSPS) is 24.5. The van der Waals surface area contributed by atoms with Crippen LogP contribution in [0.2, 0.25) is 0 Å². The summed E-state index contributed by atoms with van der Waals surface area (Å²) in [5.41, 5.74) is 2.50. The minimum atomic E-state index is 0.982. The van der Waals surface area contributed by atoms with Crippen LogP contribution in [0.5, 0.6) is 0 Å². The molecular weight excluding hydrogens is 268 g/mol. The Kier molecular flexibility index (Phi) is 3.87. The summed E-state index contributed by atoms with van der Waals surface area (Å²) < 4.78 is 0. The van der Waals surface area contributed by atoms with Crippen molar-refractivity contribution in [3.8, 4) is 0 Å². The molecule has 0 nitrogen and oxygen atoms in total. The lowest BCUT2D eigenvalue weighted by atomic mass is 10.1. The van der Waals surface area contributed by atoms with Crippen molar-refractivity contribution >= 4 is 31.9 Å². The molecule has 0 saturated heterocycles. The molecule has 11 heavy (non-hydrogen) atoms. The van der Waals surface area contributed by atoms with E-state index in [2.05, 4.69) is 50.1 Å². The van der Waals surface area contributed by atoms with Crippen molar-refractivity contribution in [2.75, 3.05) is 0 Å². The summed E-state index contributed by atoms with van der Waals surface area (Å²) in [6, 6.07) is 0. The van der Waals surface area contributed by atoms with Crippen molar-refractivity contribution in [1.29, 1.82) is 0 Å². The van der Waals surface area contributed by atoms with Crippen LogP contribution in [0.1, 0.15) is 6.42 Å². The van der Waals surface area contributed by atoms with Gasteiger partial charge in [0.15, 0.2) is 0 Å². The molecule has 2 heteroatoms. The summed E-state index contributed by atoms with van der Waals surface area (Å²) in [5.74, 6) is 0. The summed E-state index contributed by atoms with van der Waals surface area (Å²) in [7, 11) is 0. The highest BCUT2D eigenvalue weighted by atomic mass is 79.9. The maximum atomic E-state index is 3.34.